The molecule has 1 amide bonds. The molecule has 1 N–H and O–H groups in total. The van der Waals surface area contributed by atoms with Gasteiger partial charge < -0.3 is 5.11 Å². The number of hydrogen-bond acceptors (Lipinski definition) is 3. The van der Waals surface area contributed by atoms with E-state index < -0.39 is 41.0 Å². The lowest BCUT2D eigenvalue weighted by Crippen LogP contribution is -2.29. The second kappa shape index (κ2) is 8.93. The first-order chi connectivity index (χ1) is 17.1. The van der Waals surface area contributed by atoms with Gasteiger partial charge in [0.1, 0.15) is 11.6 Å². The number of aliphatic hydroxyl groups excluding tert-OH is 1. The summed E-state index contributed by atoms with van der Waals surface area (Å²) in [5, 5.41) is 11.3. The minimum absolute atomic E-state index is 0.161. The van der Waals surface area contributed by atoms with Crippen LogP contribution in [0.2, 0.25) is 0 Å². The van der Waals surface area contributed by atoms with E-state index in [0.717, 1.165) is 72.0 Å². The van der Waals surface area contributed by atoms with Gasteiger partial charge in [-0.2, -0.15) is 13.2 Å². The van der Waals surface area contributed by atoms with E-state index in [4.69, 9.17) is 0 Å². The number of carbonyl (C=O) groups excluding carboxylic acids is 2. The van der Waals surface area contributed by atoms with Crippen molar-refractivity contribution in [2.45, 2.75) is 37.9 Å². The van der Waals surface area contributed by atoms with Gasteiger partial charge >= 0.3 is 6.18 Å². The summed E-state index contributed by atoms with van der Waals surface area (Å²) in [4.78, 5) is 27.3. The maximum absolute atomic E-state index is 13.7. The number of aliphatic hydroxyl groups is 1. The van der Waals surface area contributed by atoms with Crippen molar-refractivity contribution >= 4 is 23.1 Å². The molecule has 1 aliphatic carbocycles. The average Bonchev–Trinajstić information content (AvgIpc) is 3.13. The van der Waals surface area contributed by atoms with E-state index in [1.807, 2.05) is 6.07 Å². The minimum atomic E-state index is -4.67. The van der Waals surface area contributed by atoms with Crippen LogP contribution in [0.3, 0.4) is 0 Å². The molecule has 0 spiro atoms. The van der Waals surface area contributed by atoms with Crippen molar-refractivity contribution in [1.82, 2.24) is 0 Å². The SMILES string of the molecule is O=C1C(=O)N(c2cccc(C(F)(F)F)c2)C(c2ccc(F)cc2)/C1=C(/O)c1ccc2c(c1)CCCC2. The Morgan fingerprint density at radius 3 is 2.28 bits per heavy atom. The van der Waals surface area contributed by atoms with Gasteiger partial charge in [-0.1, -0.05) is 30.3 Å². The monoisotopic (exact) mass is 495 g/mol. The molecule has 0 saturated carbocycles. The van der Waals surface area contributed by atoms with Crippen LogP contribution >= 0.6 is 0 Å². The molecular weight excluding hydrogens is 474 g/mol. The van der Waals surface area contributed by atoms with Gasteiger partial charge in [0.05, 0.1) is 17.2 Å². The lowest BCUT2D eigenvalue weighted by Gasteiger charge is -2.26. The fraction of sp³-hybridized carbons (Fsp3) is 0.214. The van der Waals surface area contributed by atoms with Crippen molar-refractivity contribution in [2.75, 3.05) is 4.90 Å². The summed E-state index contributed by atoms with van der Waals surface area (Å²) in [6.07, 6.45) is -0.891. The molecule has 1 unspecified atom stereocenters. The molecule has 1 fully saturated rings. The van der Waals surface area contributed by atoms with Crippen LogP contribution in [0, 0.1) is 5.82 Å². The smallest absolute Gasteiger partial charge is 0.416 e. The summed E-state index contributed by atoms with van der Waals surface area (Å²) in [5.74, 6) is -3.10. The first-order valence-corrected chi connectivity index (χ1v) is 11.5. The van der Waals surface area contributed by atoms with E-state index in [2.05, 4.69) is 0 Å². The highest BCUT2D eigenvalue weighted by atomic mass is 19.4. The van der Waals surface area contributed by atoms with Crippen molar-refractivity contribution in [3.8, 4) is 0 Å². The molecular formula is C28H21F4NO3. The molecule has 1 atom stereocenters. The number of amides is 1. The molecule has 1 aliphatic heterocycles. The van der Waals surface area contributed by atoms with Gasteiger partial charge in [-0.25, -0.2) is 4.39 Å². The van der Waals surface area contributed by atoms with E-state index >= 15 is 0 Å². The zero-order chi connectivity index (χ0) is 25.6. The van der Waals surface area contributed by atoms with Gasteiger partial charge in [-0.05, 0) is 78.8 Å². The second-order valence-electron chi connectivity index (χ2n) is 8.96. The Hall–Kier alpha value is -3.94. The molecule has 3 aromatic rings. The Morgan fingerprint density at radius 2 is 1.58 bits per heavy atom. The first-order valence-electron chi connectivity index (χ1n) is 11.5. The number of benzene rings is 3. The van der Waals surface area contributed by atoms with Gasteiger partial charge in [0.25, 0.3) is 11.7 Å². The molecule has 184 valence electrons. The summed E-state index contributed by atoms with van der Waals surface area (Å²) in [6.45, 7) is 0. The number of alkyl halides is 3. The fourth-order valence-electron chi connectivity index (χ4n) is 4.93. The van der Waals surface area contributed by atoms with Crippen LogP contribution in [0.15, 0.2) is 72.3 Å². The number of anilines is 1. The number of rotatable bonds is 3. The Kier molecular flexibility index (Phi) is 5.90. The highest BCUT2D eigenvalue weighted by molar-refractivity contribution is 6.51. The van der Waals surface area contributed by atoms with E-state index in [0.29, 0.717) is 5.56 Å². The zero-order valence-electron chi connectivity index (χ0n) is 19.0. The number of carbonyl (C=O) groups is 2. The molecule has 1 saturated heterocycles. The number of nitrogens with zero attached hydrogens (tertiary/aromatic N) is 1. The maximum Gasteiger partial charge on any atom is 0.416 e. The molecule has 36 heavy (non-hydrogen) atoms. The van der Waals surface area contributed by atoms with Crippen molar-refractivity contribution in [1.29, 1.82) is 0 Å². The lowest BCUT2D eigenvalue weighted by molar-refractivity contribution is -0.137. The number of fused-ring (bicyclic) bond motifs is 1. The first kappa shape index (κ1) is 23.8. The molecule has 0 aromatic heterocycles. The van der Waals surface area contributed by atoms with Crippen molar-refractivity contribution < 1.29 is 32.3 Å². The van der Waals surface area contributed by atoms with Crippen LogP contribution < -0.4 is 4.90 Å². The predicted octanol–water partition coefficient (Wildman–Crippen LogP) is 6.35. The highest BCUT2D eigenvalue weighted by Gasteiger charge is 2.47. The van der Waals surface area contributed by atoms with Gasteiger partial charge in [0, 0.05) is 11.3 Å². The summed E-state index contributed by atoms with van der Waals surface area (Å²) in [6, 6.07) is 13.1. The largest absolute Gasteiger partial charge is 0.507 e. The number of aryl methyl sites for hydroxylation is 2. The third kappa shape index (κ3) is 4.17. The Bertz CT molecular complexity index is 1390. The summed E-state index contributed by atoms with van der Waals surface area (Å²) < 4.78 is 53.9. The summed E-state index contributed by atoms with van der Waals surface area (Å²) in [7, 11) is 0. The maximum atomic E-state index is 13.7. The molecule has 1 heterocycles. The Balaban J connectivity index is 1.69. The highest BCUT2D eigenvalue weighted by Crippen LogP contribution is 2.43. The van der Waals surface area contributed by atoms with E-state index in [1.54, 1.807) is 12.1 Å². The number of Topliss-reactive ketones (excluding diaryl/α,β-unsaturated/α-hetero) is 1. The molecule has 0 radical (unpaired) electrons. The molecule has 2 aliphatic rings. The third-order valence-corrected chi connectivity index (χ3v) is 6.70. The van der Waals surface area contributed by atoms with Gasteiger partial charge in [-0.15, -0.1) is 0 Å². The Morgan fingerprint density at radius 1 is 0.889 bits per heavy atom. The van der Waals surface area contributed by atoms with Gasteiger partial charge in [0.2, 0.25) is 0 Å². The van der Waals surface area contributed by atoms with Crippen molar-refractivity contribution in [3.05, 3.63) is 106 Å². The third-order valence-electron chi connectivity index (χ3n) is 6.70. The van der Waals surface area contributed by atoms with E-state index in [1.165, 1.54) is 18.2 Å². The van der Waals surface area contributed by atoms with Crippen LogP contribution in [0.4, 0.5) is 23.2 Å². The lowest BCUT2D eigenvalue weighted by atomic mass is 9.88. The van der Waals surface area contributed by atoms with Crippen LogP contribution in [0.25, 0.3) is 5.76 Å². The quantitative estimate of drug-likeness (QED) is 0.199. The van der Waals surface area contributed by atoms with E-state index in [-0.39, 0.29) is 16.8 Å². The van der Waals surface area contributed by atoms with Crippen molar-refractivity contribution in [3.63, 3.8) is 0 Å². The minimum Gasteiger partial charge on any atom is -0.507 e. The standard InChI is InChI=1S/C28H21F4NO3/c29-21-12-10-17(11-13-21)24-23(25(34)19-9-8-16-4-1-2-5-18(16)14-19)26(35)27(36)33(24)22-7-3-6-20(15-22)28(30,31)32/h3,6-15,24,34H,1-2,4-5H2/b25-23-. The molecule has 0 bridgehead atoms. The number of hydrogen-bond donors (Lipinski definition) is 1. The summed E-state index contributed by atoms with van der Waals surface area (Å²) >= 11 is 0. The number of halogens is 4. The molecule has 3 aromatic carbocycles. The average molecular weight is 495 g/mol. The summed E-state index contributed by atoms with van der Waals surface area (Å²) in [5.41, 5.74) is 1.38. The van der Waals surface area contributed by atoms with Crippen LogP contribution in [-0.2, 0) is 28.6 Å². The molecule has 5 rings (SSSR count). The molecule has 8 heteroatoms. The van der Waals surface area contributed by atoms with Crippen LogP contribution in [0.5, 0.6) is 0 Å². The van der Waals surface area contributed by atoms with Crippen molar-refractivity contribution in [2.24, 2.45) is 0 Å². The van der Waals surface area contributed by atoms with Crippen LogP contribution in [-0.4, -0.2) is 16.8 Å². The topological polar surface area (TPSA) is 57.6 Å². The molecule has 4 nitrogen and oxygen atoms in total. The van der Waals surface area contributed by atoms with E-state index in [9.17, 15) is 32.3 Å². The predicted molar refractivity (Wildman–Crippen MR) is 126 cm³/mol. The zero-order valence-corrected chi connectivity index (χ0v) is 19.0. The van der Waals surface area contributed by atoms with Crippen LogP contribution in [0.1, 0.15) is 46.7 Å². The Labute approximate surface area is 204 Å². The normalized spacial score (nSPS) is 19.4. The van der Waals surface area contributed by atoms with Gasteiger partial charge in [-0.3, -0.25) is 14.5 Å². The second-order valence-corrected chi connectivity index (χ2v) is 8.96. The fourth-order valence-corrected chi connectivity index (χ4v) is 4.93. The van der Waals surface area contributed by atoms with Gasteiger partial charge in [0.15, 0.2) is 0 Å². The number of ketones is 1.